The maximum Gasteiger partial charge on any atom is 0.338 e. The van der Waals surface area contributed by atoms with Gasteiger partial charge >= 0.3 is 5.97 Å². The number of rotatable bonds is 6. The number of hydrogen-bond acceptors (Lipinski definition) is 5. The van der Waals surface area contributed by atoms with Gasteiger partial charge in [0.05, 0.1) is 29.7 Å². The van der Waals surface area contributed by atoms with Gasteiger partial charge in [0.25, 0.3) is 5.91 Å². The molecule has 1 aliphatic heterocycles. The van der Waals surface area contributed by atoms with Gasteiger partial charge in [-0.05, 0) is 74.2 Å². The number of nitrogens with zero attached hydrogens (tertiary/aromatic N) is 1. The zero-order chi connectivity index (χ0) is 24.4. The molecule has 4 rings (SSSR count). The number of esters is 1. The molecule has 0 spiro atoms. The largest absolute Gasteiger partial charge is 0.462 e. The molecule has 1 heterocycles. The predicted molar refractivity (Wildman–Crippen MR) is 128 cm³/mol. The molecule has 34 heavy (non-hydrogen) atoms. The summed E-state index contributed by atoms with van der Waals surface area (Å²) >= 11 is 0. The lowest BCUT2D eigenvalue weighted by atomic mass is 9.82. The number of anilines is 2. The zero-order valence-electron chi connectivity index (χ0n) is 19.5. The number of nitrogens with one attached hydrogen (secondary N) is 1. The van der Waals surface area contributed by atoms with Crippen LogP contribution in [0.4, 0.5) is 11.4 Å². The lowest BCUT2D eigenvalue weighted by Gasteiger charge is -2.18. The lowest BCUT2D eigenvalue weighted by Crippen LogP contribution is -2.30. The van der Waals surface area contributed by atoms with E-state index in [2.05, 4.69) is 5.32 Å². The summed E-state index contributed by atoms with van der Waals surface area (Å²) < 4.78 is 5.20. The highest BCUT2D eigenvalue weighted by Crippen LogP contribution is 2.39. The molecule has 0 bridgehead atoms. The Kier molecular flexibility index (Phi) is 6.63. The van der Waals surface area contributed by atoms with E-state index in [1.807, 2.05) is 26.8 Å². The van der Waals surface area contributed by atoms with E-state index in [4.69, 9.17) is 4.74 Å². The third kappa shape index (κ3) is 4.78. The normalized spacial score (nSPS) is 19.6. The van der Waals surface area contributed by atoms with Gasteiger partial charge in [-0.2, -0.15) is 0 Å². The maximum absolute atomic E-state index is 12.9. The summed E-state index contributed by atoms with van der Waals surface area (Å²) in [5, 5.41) is 2.78. The molecule has 2 aliphatic rings. The van der Waals surface area contributed by atoms with Gasteiger partial charge in [0.1, 0.15) is 0 Å². The Labute approximate surface area is 198 Å². The smallest absolute Gasteiger partial charge is 0.338 e. The molecule has 2 atom stereocenters. The summed E-state index contributed by atoms with van der Waals surface area (Å²) in [6.07, 6.45) is 3.23. The van der Waals surface area contributed by atoms with Crippen LogP contribution >= 0.6 is 0 Å². The van der Waals surface area contributed by atoms with Crippen LogP contribution in [0.5, 0.6) is 0 Å². The summed E-state index contributed by atoms with van der Waals surface area (Å²) in [4.78, 5) is 51.6. The van der Waals surface area contributed by atoms with Crippen LogP contribution in [-0.2, 0) is 14.3 Å². The fourth-order valence-corrected chi connectivity index (χ4v) is 4.27. The van der Waals surface area contributed by atoms with Crippen LogP contribution in [0.25, 0.3) is 0 Å². The van der Waals surface area contributed by atoms with Gasteiger partial charge in [0.2, 0.25) is 11.8 Å². The van der Waals surface area contributed by atoms with E-state index >= 15 is 0 Å². The molecular formula is C27H28N2O5. The van der Waals surface area contributed by atoms with Crippen molar-refractivity contribution < 1.29 is 23.9 Å². The highest BCUT2D eigenvalue weighted by atomic mass is 16.5. The summed E-state index contributed by atoms with van der Waals surface area (Å²) in [6.45, 7) is 6.25. The van der Waals surface area contributed by atoms with Crippen molar-refractivity contribution in [3.05, 3.63) is 71.3 Å². The standard InChI is InChI=1S/C27H28N2O5/c1-16(2)15-34-27(33)19-5-9-20(10-6-19)28-24(30)18-7-11-21(12-8-18)29-25(31)22-13-4-17(3)14-23(22)26(29)32/h4-12,16,22-23H,13-15H2,1-3H3,(H,28,30)/t22-,23+/m0/s1. The first kappa shape index (κ1) is 23.4. The zero-order valence-corrected chi connectivity index (χ0v) is 19.5. The summed E-state index contributed by atoms with van der Waals surface area (Å²) in [5.41, 5.74) is 2.94. The first-order valence-corrected chi connectivity index (χ1v) is 11.5. The third-order valence-electron chi connectivity index (χ3n) is 6.14. The van der Waals surface area contributed by atoms with E-state index in [1.54, 1.807) is 48.5 Å². The molecule has 0 radical (unpaired) electrons. The molecule has 2 aromatic rings. The van der Waals surface area contributed by atoms with Crippen LogP contribution in [0.15, 0.2) is 60.2 Å². The van der Waals surface area contributed by atoms with Crippen molar-refractivity contribution in [1.82, 2.24) is 0 Å². The summed E-state index contributed by atoms with van der Waals surface area (Å²) in [5.74, 6) is -1.44. The van der Waals surface area contributed by atoms with Crippen LogP contribution < -0.4 is 10.2 Å². The molecule has 176 valence electrons. The van der Waals surface area contributed by atoms with Crippen molar-refractivity contribution in [2.75, 3.05) is 16.8 Å². The molecule has 1 N–H and O–H groups in total. The Balaban J connectivity index is 1.40. The number of carbonyl (C=O) groups is 4. The van der Waals surface area contributed by atoms with Gasteiger partial charge in [-0.3, -0.25) is 19.3 Å². The Morgan fingerprint density at radius 2 is 1.59 bits per heavy atom. The first-order chi connectivity index (χ1) is 16.2. The minimum absolute atomic E-state index is 0.174. The SMILES string of the molecule is CC1=CC[C@@H]2C(=O)N(c3ccc(C(=O)Nc4ccc(C(=O)OCC(C)C)cc4)cc3)C(=O)[C@@H]2C1. The molecule has 7 heteroatoms. The average Bonchev–Trinajstić information content (AvgIpc) is 3.07. The van der Waals surface area contributed by atoms with E-state index < -0.39 is 5.97 Å². The topological polar surface area (TPSA) is 92.8 Å². The number of carbonyl (C=O) groups excluding carboxylic acids is 4. The van der Waals surface area contributed by atoms with Crippen molar-refractivity contribution in [3.8, 4) is 0 Å². The molecule has 1 saturated heterocycles. The Morgan fingerprint density at radius 1 is 0.971 bits per heavy atom. The highest BCUT2D eigenvalue weighted by molar-refractivity contribution is 6.22. The average molecular weight is 461 g/mol. The molecular weight excluding hydrogens is 432 g/mol. The number of amides is 3. The van der Waals surface area contributed by atoms with E-state index in [-0.39, 0.29) is 35.5 Å². The number of allylic oxidation sites excluding steroid dienone is 2. The molecule has 2 aromatic carbocycles. The van der Waals surface area contributed by atoms with Crippen molar-refractivity contribution in [3.63, 3.8) is 0 Å². The van der Waals surface area contributed by atoms with Gasteiger partial charge in [-0.15, -0.1) is 0 Å². The second kappa shape index (κ2) is 9.63. The summed E-state index contributed by atoms with van der Waals surface area (Å²) in [7, 11) is 0. The van der Waals surface area contributed by atoms with Crippen LogP contribution in [-0.4, -0.2) is 30.3 Å². The van der Waals surface area contributed by atoms with Crippen LogP contribution in [0.3, 0.4) is 0 Å². The molecule has 3 amide bonds. The lowest BCUT2D eigenvalue weighted by molar-refractivity contribution is -0.122. The minimum Gasteiger partial charge on any atom is -0.462 e. The van der Waals surface area contributed by atoms with Gasteiger partial charge in [0, 0.05) is 11.3 Å². The monoisotopic (exact) mass is 460 g/mol. The Bertz CT molecular complexity index is 1150. The van der Waals surface area contributed by atoms with E-state index in [9.17, 15) is 19.2 Å². The van der Waals surface area contributed by atoms with Gasteiger partial charge in [-0.1, -0.05) is 25.5 Å². The van der Waals surface area contributed by atoms with Crippen LogP contribution in [0, 0.1) is 17.8 Å². The second-order valence-corrected chi connectivity index (χ2v) is 9.29. The van der Waals surface area contributed by atoms with Crippen molar-refractivity contribution >= 4 is 35.1 Å². The Hall–Kier alpha value is -3.74. The fourth-order valence-electron chi connectivity index (χ4n) is 4.27. The molecule has 1 aliphatic carbocycles. The van der Waals surface area contributed by atoms with Crippen molar-refractivity contribution in [2.24, 2.45) is 17.8 Å². The van der Waals surface area contributed by atoms with E-state index in [1.165, 1.54) is 4.90 Å². The van der Waals surface area contributed by atoms with E-state index in [0.29, 0.717) is 42.0 Å². The van der Waals surface area contributed by atoms with Crippen molar-refractivity contribution in [1.29, 1.82) is 0 Å². The summed E-state index contributed by atoms with van der Waals surface area (Å²) in [6, 6.07) is 12.9. The second-order valence-electron chi connectivity index (χ2n) is 9.29. The quantitative estimate of drug-likeness (QED) is 0.386. The number of imide groups is 1. The number of ether oxygens (including phenoxy) is 1. The van der Waals surface area contributed by atoms with Crippen LogP contribution in [0.1, 0.15) is 54.3 Å². The number of benzene rings is 2. The van der Waals surface area contributed by atoms with Gasteiger partial charge in [0.15, 0.2) is 0 Å². The third-order valence-corrected chi connectivity index (χ3v) is 6.14. The van der Waals surface area contributed by atoms with Crippen LogP contribution in [0.2, 0.25) is 0 Å². The van der Waals surface area contributed by atoms with Crippen molar-refractivity contribution in [2.45, 2.75) is 33.6 Å². The number of fused-ring (bicyclic) bond motifs is 1. The highest BCUT2D eigenvalue weighted by Gasteiger charge is 2.48. The number of hydrogen-bond donors (Lipinski definition) is 1. The Morgan fingerprint density at radius 3 is 2.24 bits per heavy atom. The molecule has 7 nitrogen and oxygen atoms in total. The molecule has 1 fully saturated rings. The van der Waals surface area contributed by atoms with Gasteiger partial charge in [-0.25, -0.2) is 4.79 Å². The minimum atomic E-state index is -0.404. The maximum atomic E-state index is 12.9. The first-order valence-electron chi connectivity index (χ1n) is 11.5. The fraction of sp³-hybridized carbons (Fsp3) is 0.333. The molecule has 0 unspecified atom stereocenters. The molecule has 0 saturated carbocycles. The van der Waals surface area contributed by atoms with Gasteiger partial charge < -0.3 is 10.1 Å². The van der Waals surface area contributed by atoms with E-state index in [0.717, 1.165) is 5.57 Å². The molecule has 0 aromatic heterocycles. The predicted octanol–water partition coefficient (Wildman–Crippen LogP) is 4.60.